The molecule has 0 aliphatic heterocycles. The monoisotopic (exact) mass is 514 g/mol. The number of fused-ring (bicyclic) bond motifs is 7. The molecule has 0 radical (unpaired) electrons. The van der Waals surface area contributed by atoms with E-state index in [-0.39, 0.29) is 50.2 Å². The summed E-state index contributed by atoms with van der Waals surface area (Å²) in [6, 6.07) is 0. The molecular weight excluding hydrogens is 480 g/mol. The van der Waals surface area contributed by atoms with Gasteiger partial charge in [0.15, 0.2) is 11.5 Å². The molecule has 0 spiro atoms. The van der Waals surface area contributed by atoms with Gasteiger partial charge < -0.3 is 10.2 Å². The summed E-state index contributed by atoms with van der Waals surface area (Å²) in [7, 11) is 0. The van der Waals surface area contributed by atoms with Gasteiger partial charge >= 0.3 is 0 Å². The minimum Gasteiger partial charge on any atom is -0.504 e. The van der Waals surface area contributed by atoms with E-state index in [9.17, 15) is 19.8 Å². The Bertz CT molecular complexity index is 1110. The predicted molar refractivity (Wildman–Crippen MR) is 132 cm³/mol. The van der Waals surface area contributed by atoms with E-state index in [0.29, 0.717) is 5.57 Å². The van der Waals surface area contributed by atoms with Crippen LogP contribution in [0.25, 0.3) is 0 Å². The van der Waals surface area contributed by atoms with Crippen molar-refractivity contribution in [3.63, 3.8) is 0 Å². The second-order valence-electron chi connectivity index (χ2n) is 12.2. The van der Waals surface area contributed by atoms with Crippen LogP contribution >= 0.6 is 15.9 Å². The van der Waals surface area contributed by atoms with Gasteiger partial charge in [-0.2, -0.15) is 0 Å². The Balaban J connectivity index is 1.68. The number of carbonyl (C=O) groups is 2. The number of aliphatic hydroxyl groups is 2. The molecule has 3 fully saturated rings. The number of aliphatic hydroxyl groups excluding tert-OH is 2. The highest BCUT2D eigenvalue weighted by atomic mass is 79.9. The molecule has 33 heavy (non-hydrogen) atoms. The summed E-state index contributed by atoms with van der Waals surface area (Å²) in [6.45, 7) is 12.9. The summed E-state index contributed by atoms with van der Waals surface area (Å²) in [5.74, 6) is -0.578. The molecule has 8 atom stereocenters. The highest BCUT2D eigenvalue weighted by Gasteiger charge is 2.70. The van der Waals surface area contributed by atoms with Crippen LogP contribution in [0.5, 0.6) is 0 Å². The van der Waals surface area contributed by atoms with Gasteiger partial charge in [-0.15, -0.1) is 0 Å². The standard InChI is InChI=1S/C28H35BrO4/c1-14-16-7-8-19-25(3,17(16)13-18(30)21(14)31)9-12-28(6)23-20(29)15(2)22(32)24(33)26(23,4)10-11-27(19,28)5/h7-8,13,15,20,23-24,31,33H,9-12H2,1-6H3. The molecule has 2 N–H and O–H groups in total. The maximum absolute atomic E-state index is 12.9. The minimum atomic E-state index is -0.928. The molecule has 4 nitrogen and oxygen atoms in total. The van der Waals surface area contributed by atoms with Crippen LogP contribution in [0, 0.1) is 33.5 Å². The van der Waals surface area contributed by atoms with Crippen molar-refractivity contribution in [1.29, 1.82) is 0 Å². The molecular formula is C28H35BrO4. The summed E-state index contributed by atoms with van der Waals surface area (Å²) in [4.78, 5) is 25.5. The molecule has 0 amide bonds. The number of carbonyl (C=O) groups excluding carboxylic acids is 2. The van der Waals surface area contributed by atoms with Crippen molar-refractivity contribution in [3.05, 3.63) is 46.3 Å². The van der Waals surface area contributed by atoms with Gasteiger partial charge in [-0.1, -0.05) is 68.3 Å². The first kappa shape index (κ1) is 23.3. The van der Waals surface area contributed by atoms with Crippen LogP contribution < -0.4 is 0 Å². The smallest absolute Gasteiger partial charge is 0.220 e. The summed E-state index contributed by atoms with van der Waals surface area (Å²) >= 11 is 3.95. The van der Waals surface area contributed by atoms with Crippen molar-refractivity contribution in [1.82, 2.24) is 0 Å². The van der Waals surface area contributed by atoms with Crippen molar-refractivity contribution in [3.8, 4) is 0 Å². The second kappa shape index (κ2) is 6.81. The molecule has 8 unspecified atom stereocenters. The Kier molecular flexibility index (Phi) is 4.81. The van der Waals surface area contributed by atoms with E-state index in [1.54, 1.807) is 6.08 Å². The van der Waals surface area contributed by atoms with Crippen molar-refractivity contribution in [2.24, 2.45) is 33.5 Å². The van der Waals surface area contributed by atoms with E-state index in [1.807, 2.05) is 13.8 Å². The fraction of sp³-hybridized carbons (Fsp3) is 0.643. The lowest BCUT2D eigenvalue weighted by Gasteiger charge is -2.70. The number of halogens is 1. The molecule has 0 aromatic carbocycles. The molecule has 0 saturated heterocycles. The van der Waals surface area contributed by atoms with E-state index in [1.165, 1.54) is 5.57 Å². The van der Waals surface area contributed by atoms with E-state index in [0.717, 1.165) is 36.8 Å². The largest absolute Gasteiger partial charge is 0.504 e. The Morgan fingerprint density at radius 2 is 1.70 bits per heavy atom. The van der Waals surface area contributed by atoms with Crippen molar-refractivity contribution < 1.29 is 19.8 Å². The number of alkyl halides is 1. The lowest BCUT2D eigenvalue weighted by molar-refractivity contribution is -0.189. The quantitative estimate of drug-likeness (QED) is 0.402. The van der Waals surface area contributed by atoms with Crippen molar-refractivity contribution in [2.75, 3.05) is 0 Å². The zero-order valence-corrected chi connectivity index (χ0v) is 22.0. The van der Waals surface area contributed by atoms with E-state index < -0.39 is 11.5 Å². The van der Waals surface area contributed by atoms with Gasteiger partial charge in [0.2, 0.25) is 5.78 Å². The van der Waals surface area contributed by atoms with Crippen LogP contribution in [0.4, 0.5) is 0 Å². The SMILES string of the molecule is CC1=C(O)C(=O)C=C2C1=CC=C1C2(C)CCC2(C)C3C(Br)C(C)C(=O)C(O)C3(C)CCC12C. The van der Waals surface area contributed by atoms with E-state index in [4.69, 9.17) is 0 Å². The van der Waals surface area contributed by atoms with Gasteiger partial charge in [0.25, 0.3) is 0 Å². The molecule has 5 aliphatic rings. The number of ketones is 2. The summed E-state index contributed by atoms with van der Waals surface area (Å²) in [5, 5.41) is 21.4. The van der Waals surface area contributed by atoms with Gasteiger partial charge in [0, 0.05) is 27.1 Å². The highest BCUT2D eigenvalue weighted by molar-refractivity contribution is 9.09. The van der Waals surface area contributed by atoms with Crippen LogP contribution in [-0.2, 0) is 9.59 Å². The molecule has 0 heterocycles. The predicted octanol–water partition coefficient (Wildman–Crippen LogP) is 5.77. The number of hydrogen-bond donors (Lipinski definition) is 2. The third kappa shape index (κ3) is 2.56. The van der Waals surface area contributed by atoms with Gasteiger partial charge in [0.1, 0.15) is 6.10 Å². The van der Waals surface area contributed by atoms with Gasteiger partial charge in [-0.05, 0) is 66.6 Å². The van der Waals surface area contributed by atoms with Gasteiger partial charge in [-0.3, -0.25) is 9.59 Å². The third-order valence-corrected chi connectivity index (χ3v) is 12.2. The zero-order chi connectivity index (χ0) is 24.3. The fourth-order valence-corrected chi connectivity index (χ4v) is 9.92. The van der Waals surface area contributed by atoms with Crippen LogP contribution in [-0.4, -0.2) is 32.7 Å². The lowest BCUT2D eigenvalue weighted by Crippen LogP contribution is -2.68. The van der Waals surface area contributed by atoms with Crippen LogP contribution in [0.1, 0.15) is 67.2 Å². The highest BCUT2D eigenvalue weighted by Crippen LogP contribution is 2.75. The summed E-state index contributed by atoms with van der Waals surface area (Å²) in [5.41, 5.74) is 3.01. The molecule has 3 saturated carbocycles. The van der Waals surface area contributed by atoms with E-state index in [2.05, 4.69) is 55.8 Å². The first-order chi connectivity index (χ1) is 15.2. The van der Waals surface area contributed by atoms with Crippen LogP contribution in [0.15, 0.2) is 46.3 Å². The fourth-order valence-electron chi connectivity index (χ4n) is 8.48. The van der Waals surface area contributed by atoms with Crippen molar-refractivity contribution >= 4 is 27.5 Å². The normalized spacial score (nSPS) is 49.3. The van der Waals surface area contributed by atoms with Crippen LogP contribution in [0.3, 0.4) is 0 Å². The molecule has 0 aromatic heterocycles. The van der Waals surface area contributed by atoms with Crippen LogP contribution in [0.2, 0.25) is 0 Å². The summed E-state index contributed by atoms with van der Waals surface area (Å²) in [6.07, 6.45) is 8.56. The summed E-state index contributed by atoms with van der Waals surface area (Å²) < 4.78 is 0. The average Bonchev–Trinajstić information content (AvgIpc) is 2.77. The average molecular weight is 515 g/mol. The molecule has 0 bridgehead atoms. The lowest BCUT2D eigenvalue weighted by atomic mass is 9.34. The number of allylic oxidation sites excluding steroid dienone is 7. The number of Topliss-reactive ketones (excluding diaryl/α,β-unsaturated/α-hetero) is 1. The zero-order valence-electron chi connectivity index (χ0n) is 20.5. The maximum atomic E-state index is 12.9. The molecule has 5 aliphatic carbocycles. The topological polar surface area (TPSA) is 74.6 Å². The Hall–Kier alpha value is -1.46. The first-order valence-corrected chi connectivity index (χ1v) is 13.1. The Morgan fingerprint density at radius 1 is 1.03 bits per heavy atom. The van der Waals surface area contributed by atoms with Gasteiger partial charge in [-0.25, -0.2) is 0 Å². The molecule has 178 valence electrons. The number of rotatable bonds is 0. The number of hydrogen-bond acceptors (Lipinski definition) is 4. The van der Waals surface area contributed by atoms with Crippen molar-refractivity contribution in [2.45, 2.75) is 78.2 Å². The van der Waals surface area contributed by atoms with Gasteiger partial charge in [0.05, 0.1) is 0 Å². The maximum Gasteiger partial charge on any atom is 0.220 e. The minimum absolute atomic E-state index is 0.0141. The molecule has 0 aromatic rings. The first-order valence-electron chi connectivity index (χ1n) is 12.2. The Morgan fingerprint density at radius 3 is 2.36 bits per heavy atom. The third-order valence-electron chi connectivity index (χ3n) is 10.9. The Labute approximate surface area is 205 Å². The van der Waals surface area contributed by atoms with E-state index >= 15 is 0 Å². The molecule has 5 rings (SSSR count). The second-order valence-corrected chi connectivity index (χ2v) is 13.2. The molecule has 5 heteroatoms.